The number of benzene rings is 2. The smallest absolute Gasteiger partial charge is 0.330 e. The molecule has 1 aliphatic rings. The maximum absolute atomic E-state index is 11.8. The van der Waals surface area contributed by atoms with Crippen molar-refractivity contribution >= 4 is 16.9 Å². The number of ether oxygens (including phenoxy) is 2. The highest BCUT2D eigenvalue weighted by molar-refractivity contribution is 5.88. The topological polar surface area (TPSA) is 40.5 Å². The summed E-state index contributed by atoms with van der Waals surface area (Å²) < 4.78 is 14.6. The van der Waals surface area contributed by atoms with Gasteiger partial charge in [0.05, 0.1) is 5.52 Å². The molecule has 2 aromatic carbocycles. The zero-order chi connectivity index (χ0) is 25.9. The van der Waals surface area contributed by atoms with Crippen LogP contribution >= 0.6 is 0 Å². The van der Waals surface area contributed by atoms with E-state index in [4.69, 9.17) is 9.47 Å². The first kappa shape index (κ1) is 26.1. The lowest BCUT2D eigenvalue weighted by Crippen LogP contribution is -2.38. The molecule has 1 aliphatic carbocycles. The van der Waals surface area contributed by atoms with E-state index in [0.29, 0.717) is 5.92 Å². The summed E-state index contributed by atoms with van der Waals surface area (Å²) in [4.78, 5) is 11.8. The second kappa shape index (κ2) is 10.9. The van der Waals surface area contributed by atoms with E-state index in [0.717, 1.165) is 38.0 Å². The minimum atomic E-state index is -0.367. The Hall–Kier alpha value is -3.01. The molecule has 0 bridgehead atoms. The number of esters is 1. The average molecular weight is 488 g/mol. The van der Waals surface area contributed by atoms with Gasteiger partial charge in [-0.2, -0.15) is 0 Å². The quantitative estimate of drug-likeness (QED) is 0.215. The highest BCUT2D eigenvalue weighted by atomic mass is 16.5. The highest BCUT2D eigenvalue weighted by Gasteiger charge is 2.47. The molecule has 3 aromatic rings. The predicted molar refractivity (Wildman–Crippen MR) is 148 cm³/mol. The van der Waals surface area contributed by atoms with Crippen LogP contribution in [0.4, 0.5) is 0 Å². The molecule has 0 spiro atoms. The Balaban J connectivity index is 1.64. The van der Waals surface area contributed by atoms with E-state index in [1.54, 1.807) is 0 Å². The number of carbonyl (C=O) groups excluding carboxylic acids is 1. The van der Waals surface area contributed by atoms with Crippen molar-refractivity contribution in [3.63, 3.8) is 0 Å². The fourth-order valence-electron chi connectivity index (χ4n) is 5.38. The van der Waals surface area contributed by atoms with Crippen LogP contribution in [-0.2, 0) is 22.5 Å². The number of fused-ring (bicyclic) bond motifs is 1. The van der Waals surface area contributed by atoms with Gasteiger partial charge in [0.1, 0.15) is 18.0 Å². The molecule has 2 unspecified atom stereocenters. The van der Waals surface area contributed by atoms with Crippen LogP contribution in [0.1, 0.15) is 65.9 Å². The summed E-state index contributed by atoms with van der Waals surface area (Å²) in [5.41, 5.74) is 4.79. The number of hydrogen-bond acceptors (Lipinski definition) is 3. The van der Waals surface area contributed by atoms with E-state index in [1.165, 1.54) is 40.2 Å². The number of rotatable bonds is 10. The number of aryl methyl sites for hydroxylation is 2. The Morgan fingerprint density at radius 1 is 1.11 bits per heavy atom. The number of nitrogens with zero attached hydrogens (tertiary/aromatic N) is 1. The van der Waals surface area contributed by atoms with Crippen LogP contribution in [-0.4, -0.2) is 22.7 Å². The van der Waals surface area contributed by atoms with Gasteiger partial charge in [-0.15, -0.1) is 0 Å². The van der Waals surface area contributed by atoms with E-state index in [2.05, 4.69) is 94.3 Å². The average Bonchev–Trinajstić information content (AvgIpc) is 3.35. The molecule has 4 rings (SSSR count). The molecule has 4 nitrogen and oxygen atoms in total. The molecule has 0 aliphatic heterocycles. The van der Waals surface area contributed by atoms with Crippen molar-refractivity contribution in [1.29, 1.82) is 0 Å². The molecule has 2 atom stereocenters. The summed E-state index contributed by atoms with van der Waals surface area (Å²) in [6, 6.07) is 17.7. The van der Waals surface area contributed by atoms with E-state index in [1.807, 2.05) is 0 Å². The van der Waals surface area contributed by atoms with Gasteiger partial charge in [0, 0.05) is 35.2 Å². The second-order valence-electron chi connectivity index (χ2n) is 11.1. The van der Waals surface area contributed by atoms with Gasteiger partial charge in [-0.1, -0.05) is 65.5 Å². The third kappa shape index (κ3) is 5.53. The van der Waals surface area contributed by atoms with Crippen LogP contribution < -0.4 is 4.74 Å². The zero-order valence-corrected chi connectivity index (χ0v) is 22.5. The summed E-state index contributed by atoms with van der Waals surface area (Å²) in [6.45, 7) is 15.5. The van der Waals surface area contributed by atoms with Crippen molar-refractivity contribution in [3.8, 4) is 17.0 Å². The molecule has 0 radical (unpaired) electrons. The summed E-state index contributed by atoms with van der Waals surface area (Å²) in [5.74, 6) is 1.19. The molecule has 1 heterocycles. The van der Waals surface area contributed by atoms with Gasteiger partial charge in [0.15, 0.2) is 0 Å². The van der Waals surface area contributed by atoms with Gasteiger partial charge in [-0.25, -0.2) is 4.79 Å². The van der Waals surface area contributed by atoms with Crippen LogP contribution in [0.2, 0.25) is 0 Å². The molecule has 1 fully saturated rings. The first-order chi connectivity index (χ1) is 17.2. The molecule has 0 N–H and O–H groups in total. The maximum Gasteiger partial charge on any atom is 0.330 e. The van der Waals surface area contributed by atoms with E-state index in [9.17, 15) is 4.79 Å². The lowest BCUT2D eigenvalue weighted by Gasteiger charge is -2.32. The standard InChI is InChI=1S/C32H41NO3/c1-7-23-11-13-24(14-12-23)27-20-25-15-16-26(21-28(25)33(27)19-9-10-22(3)4)35-29-17-18-30(32(29,5)6)36-31(34)8-2/h8,11-16,20-22,29-30H,2,7,9-10,17-19H2,1,3-6H3. The molecule has 4 heteroatoms. The fraction of sp³-hybridized carbons (Fsp3) is 0.469. The number of aromatic nitrogens is 1. The third-order valence-electron chi connectivity index (χ3n) is 7.75. The minimum Gasteiger partial charge on any atom is -0.490 e. The van der Waals surface area contributed by atoms with Crippen molar-refractivity contribution in [2.75, 3.05) is 0 Å². The lowest BCUT2D eigenvalue weighted by molar-refractivity contribution is -0.148. The Bertz CT molecular complexity index is 1200. The monoisotopic (exact) mass is 487 g/mol. The molecular formula is C32H41NO3. The lowest BCUT2D eigenvalue weighted by atomic mass is 9.87. The van der Waals surface area contributed by atoms with Gasteiger partial charge in [0.25, 0.3) is 0 Å². The normalized spacial score (nSPS) is 19.1. The van der Waals surface area contributed by atoms with Crippen molar-refractivity contribution in [2.24, 2.45) is 11.3 Å². The van der Waals surface area contributed by atoms with Gasteiger partial charge in [0.2, 0.25) is 0 Å². The number of carbonyl (C=O) groups is 1. The molecule has 192 valence electrons. The highest BCUT2D eigenvalue weighted by Crippen LogP contribution is 2.42. The summed E-state index contributed by atoms with van der Waals surface area (Å²) in [7, 11) is 0. The molecule has 0 saturated heterocycles. The van der Waals surface area contributed by atoms with Gasteiger partial charge in [-0.3, -0.25) is 0 Å². The van der Waals surface area contributed by atoms with Crippen LogP contribution in [0.15, 0.2) is 61.2 Å². The van der Waals surface area contributed by atoms with Crippen LogP contribution in [0.5, 0.6) is 5.75 Å². The van der Waals surface area contributed by atoms with E-state index in [-0.39, 0.29) is 23.6 Å². The van der Waals surface area contributed by atoms with Gasteiger partial charge < -0.3 is 14.0 Å². The van der Waals surface area contributed by atoms with Crippen LogP contribution in [0.3, 0.4) is 0 Å². The number of hydrogen-bond donors (Lipinski definition) is 0. The SMILES string of the molecule is C=CC(=O)OC1CCC(Oc2ccc3cc(-c4ccc(CC)cc4)n(CCCC(C)C)c3c2)C1(C)C. The van der Waals surface area contributed by atoms with Crippen LogP contribution in [0.25, 0.3) is 22.2 Å². The molecule has 36 heavy (non-hydrogen) atoms. The van der Waals surface area contributed by atoms with Crippen molar-refractivity contribution in [3.05, 3.63) is 66.7 Å². The second-order valence-corrected chi connectivity index (χ2v) is 11.1. The zero-order valence-electron chi connectivity index (χ0n) is 22.5. The van der Waals surface area contributed by atoms with Crippen LogP contribution in [0, 0.1) is 11.3 Å². The van der Waals surface area contributed by atoms with Gasteiger partial charge >= 0.3 is 5.97 Å². The van der Waals surface area contributed by atoms with E-state index >= 15 is 0 Å². The van der Waals surface area contributed by atoms with E-state index < -0.39 is 0 Å². The van der Waals surface area contributed by atoms with Gasteiger partial charge in [-0.05, 0) is 67.3 Å². The first-order valence-electron chi connectivity index (χ1n) is 13.4. The summed E-state index contributed by atoms with van der Waals surface area (Å²) in [5, 5.41) is 1.23. The van der Waals surface area contributed by atoms with Crippen molar-refractivity contribution in [2.45, 2.75) is 85.5 Å². The Morgan fingerprint density at radius 3 is 2.50 bits per heavy atom. The summed E-state index contributed by atoms with van der Waals surface area (Å²) >= 11 is 0. The Kier molecular flexibility index (Phi) is 7.92. The maximum atomic E-state index is 11.8. The third-order valence-corrected chi connectivity index (χ3v) is 7.75. The molecular weight excluding hydrogens is 446 g/mol. The largest absolute Gasteiger partial charge is 0.490 e. The van der Waals surface area contributed by atoms with Crippen molar-refractivity contribution < 1.29 is 14.3 Å². The summed E-state index contributed by atoms with van der Waals surface area (Å²) in [6.07, 6.45) is 6.07. The fourth-order valence-corrected chi connectivity index (χ4v) is 5.38. The Morgan fingerprint density at radius 2 is 1.83 bits per heavy atom. The molecule has 0 amide bonds. The first-order valence-corrected chi connectivity index (χ1v) is 13.4. The molecule has 1 saturated carbocycles. The predicted octanol–water partition coefficient (Wildman–Crippen LogP) is 7.97. The molecule has 1 aromatic heterocycles. The van der Waals surface area contributed by atoms with Crippen molar-refractivity contribution in [1.82, 2.24) is 4.57 Å². The Labute approximate surface area is 216 Å². The minimum absolute atomic E-state index is 0.0250.